The lowest BCUT2D eigenvalue weighted by Crippen LogP contribution is -2.53. The first-order chi connectivity index (χ1) is 7.74. The van der Waals surface area contributed by atoms with Crippen molar-refractivity contribution in [3.05, 3.63) is 0 Å². The Labute approximate surface area is 97.1 Å². The van der Waals surface area contributed by atoms with Gasteiger partial charge in [-0.2, -0.15) is 0 Å². The van der Waals surface area contributed by atoms with E-state index in [0.717, 1.165) is 13.0 Å². The number of carbonyl (C=O) groups is 1. The number of hydrogen-bond acceptors (Lipinski definition) is 3. The summed E-state index contributed by atoms with van der Waals surface area (Å²) in [4.78, 5) is 11.6. The van der Waals surface area contributed by atoms with Crippen molar-refractivity contribution in [1.82, 2.24) is 10.6 Å². The molecule has 2 fully saturated rings. The van der Waals surface area contributed by atoms with Gasteiger partial charge in [0.15, 0.2) is 0 Å². The van der Waals surface area contributed by atoms with E-state index in [1.165, 1.54) is 19.3 Å². The van der Waals surface area contributed by atoms with Crippen LogP contribution in [0.4, 0.5) is 0 Å². The molecule has 2 rings (SSSR count). The molecule has 0 spiro atoms. The lowest BCUT2D eigenvalue weighted by atomic mass is 9.98. The average Bonchev–Trinajstić information content (AvgIpc) is 2.94. The zero-order valence-corrected chi connectivity index (χ0v) is 10.1. The smallest absolute Gasteiger partial charge is 0.220 e. The molecule has 1 saturated heterocycles. The summed E-state index contributed by atoms with van der Waals surface area (Å²) in [7, 11) is 1.72. The van der Waals surface area contributed by atoms with E-state index in [2.05, 4.69) is 10.6 Å². The minimum Gasteiger partial charge on any atom is -0.383 e. The number of amides is 1. The number of methoxy groups -OCH3 is 1. The Balaban J connectivity index is 1.74. The van der Waals surface area contributed by atoms with Gasteiger partial charge in [0.05, 0.1) is 12.1 Å². The fourth-order valence-electron chi connectivity index (χ4n) is 2.39. The maximum absolute atomic E-state index is 11.6. The van der Waals surface area contributed by atoms with Crippen LogP contribution in [0.3, 0.4) is 0 Å². The van der Waals surface area contributed by atoms with E-state index in [1.807, 2.05) is 0 Å². The number of nitrogens with one attached hydrogen (secondary N) is 2. The number of rotatable bonds is 6. The number of carbonyl (C=O) groups excluding carboxylic acids is 1. The fourth-order valence-corrected chi connectivity index (χ4v) is 2.39. The van der Waals surface area contributed by atoms with Crippen LogP contribution in [0.15, 0.2) is 0 Å². The van der Waals surface area contributed by atoms with Crippen molar-refractivity contribution in [3.63, 3.8) is 0 Å². The molecule has 0 aromatic rings. The third-order valence-corrected chi connectivity index (χ3v) is 3.55. The monoisotopic (exact) mass is 226 g/mol. The first kappa shape index (κ1) is 11.9. The van der Waals surface area contributed by atoms with Crippen LogP contribution in [0.5, 0.6) is 0 Å². The van der Waals surface area contributed by atoms with Gasteiger partial charge in [-0.3, -0.25) is 4.79 Å². The molecule has 1 aliphatic heterocycles. The Bertz CT molecular complexity index is 245. The Morgan fingerprint density at radius 2 is 2.38 bits per heavy atom. The summed E-state index contributed by atoms with van der Waals surface area (Å²) < 4.78 is 5.24. The van der Waals surface area contributed by atoms with Gasteiger partial charge in [-0.05, 0) is 38.1 Å². The lowest BCUT2D eigenvalue weighted by molar-refractivity contribution is -0.121. The van der Waals surface area contributed by atoms with Crippen molar-refractivity contribution in [2.45, 2.75) is 37.6 Å². The molecule has 4 nitrogen and oxygen atoms in total. The second-order valence-corrected chi connectivity index (χ2v) is 5.17. The van der Waals surface area contributed by atoms with Crippen LogP contribution in [0.25, 0.3) is 0 Å². The van der Waals surface area contributed by atoms with E-state index in [-0.39, 0.29) is 11.4 Å². The van der Waals surface area contributed by atoms with Gasteiger partial charge in [0.1, 0.15) is 0 Å². The normalized spacial score (nSPS) is 29.3. The molecule has 2 aliphatic rings. The molecule has 1 atom stereocenters. The van der Waals surface area contributed by atoms with E-state index < -0.39 is 0 Å². The van der Waals surface area contributed by atoms with E-state index in [4.69, 9.17) is 4.74 Å². The van der Waals surface area contributed by atoms with Gasteiger partial charge >= 0.3 is 0 Å². The highest BCUT2D eigenvalue weighted by Gasteiger charge is 2.34. The first-order valence-electron chi connectivity index (χ1n) is 6.25. The summed E-state index contributed by atoms with van der Waals surface area (Å²) in [5.41, 5.74) is -0.0199. The van der Waals surface area contributed by atoms with Crippen molar-refractivity contribution >= 4 is 5.91 Å². The van der Waals surface area contributed by atoms with Crippen LogP contribution in [-0.4, -0.2) is 38.3 Å². The SMILES string of the molecule is COCC1(CNC(=O)CC2CC2)CCCN1. The van der Waals surface area contributed by atoms with Crippen molar-refractivity contribution in [2.24, 2.45) is 5.92 Å². The van der Waals surface area contributed by atoms with Crippen LogP contribution in [-0.2, 0) is 9.53 Å². The molecule has 1 aliphatic carbocycles. The molecule has 4 heteroatoms. The minimum atomic E-state index is -0.0199. The highest BCUT2D eigenvalue weighted by molar-refractivity contribution is 5.76. The zero-order valence-electron chi connectivity index (χ0n) is 10.1. The first-order valence-corrected chi connectivity index (χ1v) is 6.25. The Morgan fingerprint density at radius 3 is 2.94 bits per heavy atom. The van der Waals surface area contributed by atoms with Crippen LogP contribution in [0.1, 0.15) is 32.1 Å². The minimum absolute atomic E-state index is 0.0199. The Hall–Kier alpha value is -0.610. The Kier molecular flexibility index (Phi) is 3.82. The van der Waals surface area contributed by atoms with Crippen molar-refractivity contribution in [3.8, 4) is 0 Å². The standard InChI is InChI=1S/C12H22N2O2/c1-16-9-12(5-2-6-14-12)8-13-11(15)7-10-3-4-10/h10,14H,2-9H2,1H3,(H,13,15). The predicted octanol–water partition coefficient (Wildman–Crippen LogP) is 0.671. The summed E-state index contributed by atoms with van der Waals surface area (Å²) in [5, 5.41) is 6.50. The number of hydrogen-bond donors (Lipinski definition) is 2. The summed E-state index contributed by atoms with van der Waals surface area (Å²) in [6, 6.07) is 0. The molecule has 0 bridgehead atoms. The molecule has 1 amide bonds. The van der Waals surface area contributed by atoms with Gasteiger partial charge in [0.2, 0.25) is 5.91 Å². The summed E-state index contributed by atoms with van der Waals surface area (Å²) in [6.45, 7) is 2.41. The molecule has 1 heterocycles. The lowest BCUT2D eigenvalue weighted by Gasteiger charge is -2.28. The van der Waals surface area contributed by atoms with Gasteiger partial charge in [-0.25, -0.2) is 0 Å². The summed E-state index contributed by atoms with van der Waals surface area (Å²) in [6.07, 6.45) is 5.43. The molecule has 1 unspecified atom stereocenters. The van der Waals surface area contributed by atoms with Crippen molar-refractivity contribution in [1.29, 1.82) is 0 Å². The Morgan fingerprint density at radius 1 is 1.56 bits per heavy atom. The molecule has 1 saturated carbocycles. The second kappa shape index (κ2) is 5.15. The maximum atomic E-state index is 11.6. The third kappa shape index (κ3) is 3.19. The average molecular weight is 226 g/mol. The summed E-state index contributed by atoms with van der Waals surface area (Å²) >= 11 is 0. The van der Waals surface area contributed by atoms with Gasteiger partial charge in [-0.1, -0.05) is 0 Å². The van der Waals surface area contributed by atoms with E-state index in [1.54, 1.807) is 7.11 Å². The van der Waals surface area contributed by atoms with E-state index in [9.17, 15) is 4.79 Å². The van der Waals surface area contributed by atoms with E-state index in [0.29, 0.717) is 25.5 Å². The quantitative estimate of drug-likeness (QED) is 0.700. The molecular weight excluding hydrogens is 204 g/mol. The number of ether oxygens (including phenoxy) is 1. The topological polar surface area (TPSA) is 50.4 Å². The third-order valence-electron chi connectivity index (χ3n) is 3.55. The molecule has 16 heavy (non-hydrogen) atoms. The van der Waals surface area contributed by atoms with Crippen molar-refractivity contribution in [2.75, 3.05) is 26.8 Å². The zero-order chi connectivity index (χ0) is 11.4. The second-order valence-electron chi connectivity index (χ2n) is 5.17. The van der Waals surface area contributed by atoms with Gasteiger partial charge < -0.3 is 15.4 Å². The van der Waals surface area contributed by atoms with Crippen molar-refractivity contribution < 1.29 is 9.53 Å². The molecule has 2 N–H and O–H groups in total. The molecule has 0 aromatic heterocycles. The largest absolute Gasteiger partial charge is 0.383 e. The fraction of sp³-hybridized carbons (Fsp3) is 0.917. The van der Waals surface area contributed by atoms with Crippen LogP contribution in [0, 0.1) is 5.92 Å². The molecule has 0 radical (unpaired) electrons. The van der Waals surface area contributed by atoms with Crippen LogP contribution >= 0.6 is 0 Å². The highest BCUT2D eigenvalue weighted by atomic mass is 16.5. The molecule has 0 aromatic carbocycles. The molecular formula is C12H22N2O2. The van der Waals surface area contributed by atoms with Gasteiger partial charge in [0.25, 0.3) is 0 Å². The van der Waals surface area contributed by atoms with Crippen LogP contribution < -0.4 is 10.6 Å². The highest BCUT2D eigenvalue weighted by Crippen LogP contribution is 2.32. The van der Waals surface area contributed by atoms with Gasteiger partial charge in [0, 0.05) is 20.1 Å². The van der Waals surface area contributed by atoms with E-state index >= 15 is 0 Å². The van der Waals surface area contributed by atoms with Crippen LogP contribution in [0.2, 0.25) is 0 Å². The summed E-state index contributed by atoms with van der Waals surface area (Å²) in [5.74, 6) is 0.863. The predicted molar refractivity (Wildman–Crippen MR) is 62.2 cm³/mol. The maximum Gasteiger partial charge on any atom is 0.220 e. The van der Waals surface area contributed by atoms with Gasteiger partial charge in [-0.15, -0.1) is 0 Å². The molecule has 92 valence electrons.